The van der Waals surface area contributed by atoms with Crippen molar-refractivity contribution >= 4 is 0 Å². The Labute approximate surface area is 94.5 Å². The molecule has 0 bridgehead atoms. The van der Waals surface area contributed by atoms with Crippen LogP contribution >= 0.6 is 0 Å². The molecule has 0 rings (SSSR count). The molecule has 0 saturated carbocycles. The number of nitrogens with one attached hydrogen (secondary N) is 1. The summed E-state index contributed by atoms with van der Waals surface area (Å²) >= 11 is 0. The Hall–Kier alpha value is -0.120. The van der Waals surface area contributed by atoms with Crippen molar-refractivity contribution < 1.29 is 9.47 Å². The second-order valence-electron chi connectivity index (χ2n) is 4.24. The maximum Gasteiger partial charge on any atom is 0.0622 e. The first-order valence-electron chi connectivity index (χ1n) is 5.98. The molecule has 3 heteroatoms. The molecule has 0 aromatic carbocycles. The molecule has 0 aromatic rings. The standard InChI is InChI=1S/C12H27NO2/c1-6-11(8-14-5)13-12(10(3)4)9-15-7-2/h10-13H,6-9H2,1-5H3. The van der Waals surface area contributed by atoms with Gasteiger partial charge in [0.2, 0.25) is 0 Å². The van der Waals surface area contributed by atoms with E-state index in [1.807, 2.05) is 6.92 Å². The molecule has 92 valence electrons. The molecule has 0 fully saturated rings. The van der Waals surface area contributed by atoms with Gasteiger partial charge in [-0.25, -0.2) is 0 Å². The van der Waals surface area contributed by atoms with Crippen LogP contribution in [0.1, 0.15) is 34.1 Å². The Bertz CT molecular complexity index is 140. The maximum atomic E-state index is 5.48. The highest BCUT2D eigenvalue weighted by Gasteiger charge is 2.17. The molecule has 0 amide bonds. The van der Waals surface area contributed by atoms with Crippen LogP contribution in [0.5, 0.6) is 0 Å². The fraction of sp³-hybridized carbons (Fsp3) is 1.00. The molecule has 15 heavy (non-hydrogen) atoms. The van der Waals surface area contributed by atoms with Crippen LogP contribution in [0.25, 0.3) is 0 Å². The molecule has 0 aliphatic rings. The van der Waals surface area contributed by atoms with Gasteiger partial charge in [0, 0.05) is 25.8 Å². The Balaban J connectivity index is 4.00. The van der Waals surface area contributed by atoms with Gasteiger partial charge in [0.1, 0.15) is 0 Å². The molecular formula is C12H27NO2. The normalized spacial score (nSPS) is 15.6. The SMILES string of the molecule is CCOCC(NC(CC)COC)C(C)C. The molecule has 0 spiro atoms. The lowest BCUT2D eigenvalue weighted by molar-refractivity contribution is 0.0902. The van der Waals surface area contributed by atoms with Gasteiger partial charge >= 0.3 is 0 Å². The topological polar surface area (TPSA) is 30.5 Å². The summed E-state index contributed by atoms with van der Waals surface area (Å²) in [5.74, 6) is 0.586. The third-order valence-corrected chi connectivity index (χ3v) is 2.62. The fourth-order valence-electron chi connectivity index (χ4n) is 1.47. The van der Waals surface area contributed by atoms with E-state index in [4.69, 9.17) is 9.47 Å². The zero-order valence-corrected chi connectivity index (χ0v) is 10.9. The largest absolute Gasteiger partial charge is 0.383 e. The van der Waals surface area contributed by atoms with E-state index in [9.17, 15) is 0 Å². The van der Waals surface area contributed by atoms with Crippen LogP contribution in [-0.2, 0) is 9.47 Å². The highest BCUT2D eigenvalue weighted by atomic mass is 16.5. The smallest absolute Gasteiger partial charge is 0.0622 e. The van der Waals surface area contributed by atoms with Gasteiger partial charge < -0.3 is 14.8 Å². The summed E-state index contributed by atoms with van der Waals surface area (Å²) < 4.78 is 10.7. The van der Waals surface area contributed by atoms with Gasteiger partial charge in [-0.3, -0.25) is 0 Å². The van der Waals surface area contributed by atoms with Gasteiger partial charge in [-0.1, -0.05) is 20.8 Å². The van der Waals surface area contributed by atoms with Gasteiger partial charge in [-0.2, -0.15) is 0 Å². The Morgan fingerprint density at radius 2 is 1.80 bits per heavy atom. The highest BCUT2D eigenvalue weighted by Crippen LogP contribution is 2.05. The van der Waals surface area contributed by atoms with Gasteiger partial charge in [0.05, 0.1) is 13.2 Å². The average molecular weight is 217 g/mol. The first-order chi connectivity index (χ1) is 7.15. The van der Waals surface area contributed by atoms with Crippen molar-refractivity contribution in [2.45, 2.75) is 46.2 Å². The van der Waals surface area contributed by atoms with Crippen LogP contribution in [0.3, 0.4) is 0 Å². The lowest BCUT2D eigenvalue weighted by Crippen LogP contribution is -2.46. The molecule has 1 N–H and O–H groups in total. The Morgan fingerprint density at radius 3 is 2.20 bits per heavy atom. The van der Waals surface area contributed by atoms with Gasteiger partial charge in [-0.15, -0.1) is 0 Å². The second-order valence-corrected chi connectivity index (χ2v) is 4.24. The molecule has 2 atom stereocenters. The summed E-state index contributed by atoms with van der Waals surface area (Å²) in [7, 11) is 1.75. The van der Waals surface area contributed by atoms with Crippen molar-refractivity contribution in [3.8, 4) is 0 Å². The number of methoxy groups -OCH3 is 1. The molecule has 2 unspecified atom stereocenters. The summed E-state index contributed by atoms with van der Waals surface area (Å²) in [4.78, 5) is 0. The fourth-order valence-corrected chi connectivity index (χ4v) is 1.47. The Kier molecular flexibility index (Phi) is 9.06. The van der Waals surface area contributed by atoms with Crippen LogP contribution in [0.15, 0.2) is 0 Å². The third-order valence-electron chi connectivity index (χ3n) is 2.62. The van der Waals surface area contributed by atoms with E-state index in [1.165, 1.54) is 0 Å². The monoisotopic (exact) mass is 217 g/mol. The highest BCUT2D eigenvalue weighted by molar-refractivity contribution is 4.75. The number of ether oxygens (including phenoxy) is 2. The third kappa shape index (κ3) is 6.88. The van der Waals surface area contributed by atoms with E-state index in [0.717, 1.165) is 26.2 Å². The molecule has 0 aliphatic carbocycles. The van der Waals surface area contributed by atoms with Gasteiger partial charge in [-0.05, 0) is 19.3 Å². The second kappa shape index (κ2) is 9.13. The van der Waals surface area contributed by atoms with E-state index < -0.39 is 0 Å². The first kappa shape index (κ1) is 14.9. The van der Waals surface area contributed by atoms with Crippen LogP contribution in [0, 0.1) is 5.92 Å². The predicted octanol–water partition coefficient (Wildman–Crippen LogP) is 2.06. The summed E-state index contributed by atoms with van der Waals surface area (Å²) in [5.41, 5.74) is 0. The molecular weight excluding hydrogens is 190 g/mol. The van der Waals surface area contributed by atoms with Crippen molar-refractivity contribution in [2.75, 3.05) is 26.9 Å². The zero-order chi connectivity index (χ0) is 11.7. The summed E-state index contributed by atoms with van der Waals surface area (Å²) in [6.07, 6.45) is 1.09. The summed E-state index contributed by atoms with van der Waals surface area (Å²) in [5, 5.41) is 3.59. The number of hydrogen-bond acceptors (Lipinski definition) is 3. The minimum atomic E-state index is 0.421. The molecule has 0 aromatic heterocycles. The lowest BCUT2D eigenvalue weighted by atomic mass is 10.0. The predicted molar refractivity (Wildman–Crippen MR) is 64.2 cm³/mol. The Morgan fingerprint density at radius 1 is 1.13 bits per heavy atom. The number of rotatable bonds is 9. The van der Waals surface area contributed by atoms with Crippen LogP contribution < -0.4 is 5.32 Å². The molecule has 0 radical (unpaired) electrons. The average Bonchev–Trinajstić information content (AvgIpc) is 2.22. The van der Waals surface area contributed by atoms with Gasteiger partial charge in [0.25, 0.3) is 0 Å². The van der Waals surface area contributed by atoms with Crippen LogP contribution in [0.4, 0.5) is 0 Å². The molecule has 0 heterocycles. The number of hydrogen-bond donors (Lipinski definition) is 1. The lowest BCUT2D eigenvalue weighted by Gasteiger charge is -2.27. The summed E-state index contributed by atoms with van der Waals surface area (Å²) in [6.45, 7) is 11.0. The van der Waals surface area contributed by atoms with Crippen molar-refractivity contribution in [1.82, 2.24) is 5.32 Å². The van der Waals surface area contributed by atoms with E-state index >= 15 is 0 Å². The van der Waals surface area contributed by atoms with Crippen LogP contribution in [-0.4, -0.2) is 39.0 Å². The van der Waals surface area contributed by atoms with Crippen molar-refractivity contribution in [1.29, 1.82) is 0 Å². The summed E-state index contributed by atoms with van der Waals surface area (Å²) in [6, 6.07) is 0.855. The van der Waals surface area contributed by atoms with Crippen molar-refractivity contribution in [3.63, 3.8) is 0 Å². The van der Waals surface area contributed by atoms with E-state index in [-0.39, 0.29) is 0 Å². The van der Waals surface area contributed by atoms with Crippen LogP contribution in [0.2, 0.25) is 0 Å². The molecule has 3 nitrogen and oxygen atoms in total. The van der Waals surface area contributed by atoms with E-state index in [0.29, 0.717) is 18.0 Å². The zero-order valence-electron chi connectivity index (χ0n) is 10.9. The minimum absolute atomic E-state index is 0.421. The van der Waals surface area contributed by atoms with Crippen molar-refractivity contribution in [3.05, 3.63) is 0 Å². The minimum Gasteiger partial charge on any atom is -0.383 e. The quantitative estimate of drug-likeness (QED) is 0.641. The first-order valence-corrected chi connectivity index (χ1v) is 5.98. The molecule has 0 saturated heterocycles. The molecule has 0 aliphatic heterocycles. The van der Waals surface area contributed by atoms with E-state index in [2.05, 4.69) is 26.1 Å². The maximum absolute atomic E-state index is 5.48. The van der Waals surface area contributed by atoms with E-state index in [1.54, 1.807) is 7.11 Å². The van der Waals surface area contributed by atoms with Crippen molar-refractivity contribution in [2.24, 2.45) is 5.92 Å². The van der Waals surface area contributed by atoms with Gasteiger partial charge in [0.15, 0.2) is 0 Å².